The molecule has 0 aliphatic rings. The lowest BCUT2D eigenvalue weighted by atomic mass is 10.0. The molecular formula is C15H26. The van der Waals surface area contributed by atoms with Gasteiger partial charge in [-0.25, -0.2) is 0 Å². The van der Waals surface area contributed by atoms with E-state index in [0.29, 0.717) is 5.41 Å². The van der Waals surface area contributed by atoms with Crippen molar-refractivity contribution in [3.63, 3.8) is 0 Å². The molecule has 15 heavy (non-hydrogen) atoms. The van der Waals surface area contributed by atoms with Gasteiger partial charge in [-0.15, -0.1) is 0 Å². The van der Waals surface area contributed by atoms with Gasteiger partial charge >= 0.3 is 0 Å². The third-order valence-corrected chi connectivity index (χ3v) is 2.11. The molecule has 0 nitrogen and oxygen atoms in total. The zero-order valence-electron chi connectivity index (χ0n) is 11.7. The van der Waals surface area contributed by atoms with E-state index in [4.69, 9.17) is 0 Å². The normalized spacial score (nSPS) is 10.7. The van der Waals surface area contributed by atoms with Crippen molar-refractivity contribution >= 4 is 0 Å². The Labute approximate surface area is 95.7 Å². The maximum Gasteiger partial charge on any atom is -0.0395 e. The molecule has 0 unspecified atom stereocenters. The maximum absolute atomic E-state index is 2.24. The van der Waals surface area contributed by atoms with Crippen molar-refractivity contribution in [2.24, 2.45) is 5.41 Å². The minimum atomic E-state index is 0.500. The van der Waals surface area contributed by atoms with Gasteiger partial charge in [0.1, 0.15) is 0 Å². The van der Waals surface area contributed by atoms with Crippen LogP contribution < -0.4 is 0 Å². The van der Waals surface area contributed by atoms with Gasteiger partial charge in [0.2, 0.25) is 0 Å². The molecule has 0 bridgehead atoms. The first-order valence-corrected chi connectivity index (χ1v) is 5.65. The lowest BCUT2D eigenvalue weighted by molar-refractivity contribution is 0.469. The van der Waals surface area contributed by atoms with Gasteiger partial charge < -0.3 is 0 Å². The highest BCUT2D eigenvalue weighted by Gasteiger charge is 1.96. The standard InChI is InChI=1S/C10H14.C5H12/c1-7-5-9(3)10(4)6-8(7)2;1-5(2,3)4/h5-6H,1-4H3;1-4H3. The third-order valence-electron chi connectivity index (χ3n) is 2.11. The van der Waals surface area contributed by atoms with E-state index >= 15 is 0 Å². The highest BCUT2D eigenvalue weighted by atomic mass is 14.0. The quantitative estimate of drug-likeness (QED) is 0.562. The Morgan fingerprint density at radius 1 is 0.600 bits per heavy atom. The second-order valence-electron chi connectivity index (χ2n) is 6.02. The van der Waals surface area contributed by atoms with Crippen LogP contribution in [-0.2, 0) is 0 Å². The van der Waals surface area contributed by atoms with Gasteiger partial charge in [-0.1, -0.05) is 39.8 Å². The van der Waals surface area contributed by atoms with Crippen molar-refractivity contribution in [3.8, 4) is 0 Å². The zero-order valence-corrected chi connectivity index (χ0v) is 11.7. The molecule has 86 valence electrons. The summed E-state index contributed by atoms with van der Waals surface area (Å²) in [4.78, 5) is 0. The Morgan fingerprint density at radius 3 is 0.867 bits per heavy atom. The maximum atomic E-state index is 2.24. The fourth-order valence-electron chi connectivity index (χ4n) is 1.10. The largest absolute Gasteiger partial charge is 0.0604 e. The van der Waals surface area contributed by atoms with Gasteiger partial charge in [-0.05, 0) is 55.4 Å². The lowest BCUT2D eigenvalue weighted by Gasteiger charge is -2.05. The Hall–Kier alpha value is -0.780. The molecule has 0 heteroatoms. The molecule has 0 radical (unpaired) electrons. The highest BCUT2D eigenvalue weighted by molar-refractivity contribution is 5.35. The topological polar surface area (TPSA) is 0 Å². The number of benzene rings is 1. The molecule has 1 aromatic rings. The Bertz CT molecular complexity index is 257. The average molecular weight is 206 g/mol. The molecular weight excluding hydrogens is 180 g/mol. The molecule has 0 N–H and O–H groups in total. The minimum absolute atomic E-state index is 0.500. The van der Waals surface area contributed by atoms with Crippen LogP contribution in [0, 0.1) is 33.1 Å². The van der Waals surface area contributed by atoms with Crippen LogP contribution in [-0.4, -0.2) is 0 Å². The van der Waals surface area contributed by atoms with Gasteiger partial charge in [-0.2, -0.15) is 0 Å². The van der Waals surface area contributed by atoms with Crippen LogP contribution >= 0.6 is 0 Å². The van der Waals surface area contributed by atoms with Crippen LogP contribution in [0.1, 0.15) is 49.9 Å². The van der Waals surface area contributed by atoms with E-state index in [1.165, 1.54) is 22.3 Å². The highest BCUT2D eigenvalue weighted by Crippen LogP contribution is 2.13. The average Bonchev–Trinajstić information content (AvgIpc) is 1.98. The Morgan fingerprint density at radius 2 is 0.733 bits per heavy atom. The summed E-state index contributed by atoms with van der Waals surface area (Å²) in [5.74, 6) is 0. The van der Waals surface area contributed by atoms with E-state index in [0.717, 1.165) is 0 Å². The fourth-order valence-corrected chi connectivity index (χ4v) is 1.10. The predicted molar refractivity (Wildman–Crippen MR) is 70.5 cm³/mol. The Balaban J connectivity index is 0.000000336. The van der Waals surface area contributed by atoms with Crippen molar-refractivity contribution in [1.29, 1.82) is 0 Å². The summed E-state index contributed by atoms with van der Waals surface area (Å²) < 4.78 is 0. The summed E-state index contributed by atoms with van der Waals surface area (Å²) in [7, 11) is 0. The molecule has 0 saturated heterocycles. The molecule has 0 heterocycles. The summed E-state index contributed by atoms with van der Waals surface area (Å²) in [5, 5.41) is 0. The zero-order chi connectivity index (χ0) is 12.2. The van der Waals surface area contributed by atoms with E-state index < -0.39 is 0 Å². The van der Waals surface area contributed by atoms with Crippen LogP contribution in [0.15, 0.2) is 12.1 Å². The molecule has 0 amide bonds. The molecule has 0 aliphatic carbocycles. The van der Waals surface area contributed by atoms with Crippen molar-refractivity contribution in [1.82, 2.24) is 0 Å². The lowest BCUT2D eigenvalue weighted by Crippen LogP contribution is -1.93. The molecule has 0 fully saturated rings. The minimum Gasteiger partial charge on any atom is -0.0604 e. The molecule has 0 aromatic heterocycles. The Kier molecular flexibility index (Phi) is 5.07. The monoisotopic (exact) mass is 206 g/mol. The summed E-state index contributed by atoms with van der Waals surface area (Å²) >= 11 is 0. The van der Waals surface area contributed by atoms with E-state index in [1.807, 2.05) is 0 Å². The smallest absolute Gasteiger partial charge is 0.0395 e. The van der Waals surface area contributed by atoms with Crippen LogP contribution in [0.2, 0.25) is 0 Å². The van der Waals surface area contributed by atoms with E-state index in [9.17, 15) is 0 Å². The molecule has 0 spiro atoms. The summed E-state index contributed by atoms with van der Waals surface area (Å²) in [6, 6.07) is 4.48. The number of hydrogen-bond donors (Lipinski definition) is 0. The van der Waals surface area contributed by atoms with Gasteiger partial charge in [-0.3, -0.25) is 0 Å². The second kappa shape index (κ2) is 5.34. The first-order chi connectivity index (χ1) is 6.61. The number of aryl methyl sites for hydroxylation is 4. The number of hydrogen-bond acceptors (Lipinski definition) is 0. The van der Waals surface area contributed by atoms with Crippen LogP contribution in [0.3, 0.4) is 0 Å². The van der Waals surface area contributed by atoms with Gasteiger partial charge in [0.05, 0.1) is 0 Å². The molecule has 1 rings (SSSR count). The van der Waals surface area contributed by atoms with Gasteiger partial charge in [0.15, 0.2) is 0 Å². The third kappa shape index (κ3) is 7.18. The summed E-state index contributed by atoms with van der Waals surface area (Å²) in [5.41, 5.74) is 6.07. The van der Waals surface area contributed by atoms with E-state index in [1.54, 1.807) is 0 Å². The number of rotatable bonds is 0. The van der Waals surface area contributed by atoms with Crippen molar-refractivity contribution < 1.29 is 0 Å². The molecule has 0 saturated carbocycles. The fraction of sp³-hybridized carbons (Fsp3) is 0.600. The first-order valence-electron chi connectivity index (χ1n) is 5.65. The SMILES string of the molecule is CC(C)(C)C.Cc1cc(C)c(C)cc1C. The van der Waals surface area contributed by atoms with Crippen molar-refractivity contribution in [2.45, 2.75) is 55.4 Å². The van der Waals surface area contributed by atoms with Crippen molar-refractivity contribution in [2.75, 3.05) is 0 Å². The van der Waals surface area contributed by atoms with Gasteiger partial charge in [0.25, 0.3) is 0 Å². The predicted octanol–water partition coefficient (Wildman–Crippen LogP) is 4.97. The molecule has 0 aliphatic heterocycles. The van der Waals surface area contributed by atoms with E-state index in [2.05, 4.69) is 67.5 Å². The molecule has 1 aromatic carbocycles. The first kappa shape index (κ1) is 14.2. The summed E-state index contributed by atoms with van der Waals surface area (Å²) in [6.45, 7) is 17.4. The van der Waals surface area contributed by atoms with Crippen LogP contribution in [0.4, 0.5) is 0 Å². The van der Waals surface area contributed by atoms with Crippen molar-refractivity contribution in [3.05, 3.63) is 34.4 Å². The van der Waals surface area contributed by atoms with Crippen LogP contribution in [0.5, 0.6) is 0 Å². The van der Waals surface area contributed by atoms with E-state index in [-0.39, 0.29) is 0 Å². The second-order valence-corrected chi connectivity index (χ2v) is 6.02. The van der Waals surface area contributed by atoms with Gasteiger partial charge in [0, 0.05) is 0 Å². The van der Waals surface area contributed by atoms with Crippen LogP contribution in [0.25, 0.3) is 0 Å². The summed E-state index contributed by atoms with van der Waals surface area (Å²) in [6.07, 6.45) is 0. The molecule has 0 atom stereocenters.